The summed E-state index contributed by atoms with van der Waals surface area (Å²) in [5.41, 5.74) is 2.08. The van der Waals surface area contributed by atoms with Gasteiger partial charge in [0.1, 0.15) is 11.5 Å². The fourth-order valence-electron chi connectivity index (χ4n) is 3.68. The molecule has 6 nitrogen and oxygen atoms in total. The first-order chi connectivity index (χ1) is 12.6. The number of amides is 1. The predicted octanol–water partition coefficient (Wildman–Crippen LogP) is 2.85. The first-order valence-electron chi connectivity index (χ1n) is 8.28. The second-order valence-corrected chi connectivity index (χ2v) is 6.59. The molecule has 0 aliphatic heterocycles. The minimum atomic E-state index is -0.708. The number of hydrogen-bond acceptors (Lipinski definition) is 4. The number of carbonyl (C=O) groups excluding carboxylic acids is 1. The molecule has 2 aliphatic carbocycles. The fourth-order valence-corrected chi connectivity index (χ4v) is 3.68. The number of fused-ring (bicyclic) bond motifs is 3. The fraction of sp³-hybridized carbons (Fsp3) is 0.222. The maximum atomic E-state index is 14.3. The summed E-state index contributed by atoms with van der Waals surface area (Å²) < 4.78 is 29.0. The van der Waals surface area contributed by atoms with Gasteiger partial charge in [-0.1, -0.05) is 0 Å². The number of halogens is 2. The molecule has 0 saturated heterocycles. The van der Waals surface area contributed by atoms with Crippen molar-refractivity contribution in [1.82, 2.24) is 20.0 Å². The minimum absolute atomic E-state index is 0.147. The van der Waals surface area contributed by atoms with E-state index in [4.69, 9.17) is 0 Å². The number of nitrogens with one attached hydrogen (secondary N) is 1. The molecule has 2 atom stereocenters. The van der Waals surface area contributed by atoms with Crippen LogP contribution in [-0.2, 0) is 6.42 Å². The molecule has 8 heteroatoms. The van der Waals surface area contributed by atoms with Crippen LogP contribution in [0.2, 0.25) is 0 Å². The molecule has 130 valence electrons. The molecule has 1 N–H and O–H groups in total. The SMILES string of the molecule is O=C(Nc1cccnn1)c1nn(-c2ccc(F)cc2F)c2c1C[C@H]1C[C@@H]21. The highest BCUT2D eigenvalue weighted by atomic mass is 19.1. The van der Waals surface area contributed by atoms with E-state index in [0.29, 0.717) is 11.7 Å². The Balaban J connectivity index is 1.58. The molecule has 0 radical (unpaired) electrons. The van der Waals surface area contributed by atoms with E-state index >= 15 is 0 Å². The molecule has 0 spiro atoms. The second kappa shape index (κ2) is 5.42. The summed E-state index contributed by atoms with van der Waals surface area (Å²) in [7, 11) is 0. The smallest absolute Gasteiger partial charge is 0.277 e. The Bertz CT molecular complexity index is 1030. The van der Waals surface area contributed by atoms with Crippen LogP contribution < -0.4 is 5.32 Å². The number of benzene rings is 1. The van der Waals surface area contributed by atoms with E-state index in [1.165, 1.54) is 23.0 Å². The molecule has 2 aromatic heterocycles. The van der Waals surface area contributed by atoms with Gasteiger partial charge in [0.2, 0.25) is 0 Å². The van der Waals surface area contributed by atoms with Crippen LogP contribution in [-0.4, -0.2) is 25.9 Å². The van der Waals surface area contributed by atoms with Gasteiger partial charge in [0.05, 0.1) is 5.69 Å². The largest absolute Gasteiger partial charge is 0.304 e. The van der Waals surface area contributed by atoms with E-state index in [1.54, 1.807) is 12.1 Å². The van der Waals surface area contributed by atoms with Crippen molar-refractivity contribution in [2.24, 2.45) is 5.92 Å². The highest BCUT2D eigenvalue weighted by Crippen LogP contribution is 2.57. The van der Waals surface area contributed by atoms with E-state index in [-0.39, 0.29) is 17.3 Å². The zero-order valence-corrected chi connectivity index (χ0v) is 13.5. The van der Waals surface area contributed by atoms with Gasteiger partial charge in [-0.2, -0.15) is 10.2 Å². The maximum absolute atomic E-state index is 14.3. The molecule has 1 aromatic carbocycles. The normalized spacial score (nSPS) is 19.8. The van der Waals surface area contributed by atoms with Gasteiger partial charge in [-0.25, -0.2) is 13.5 Å². The molecular formula is C18H13F2N5O. The monoisotopic (exact) mass is 353 g/mol. The van der Waals surface area contributed by atoms with Crippen molar-refractivity contribution in [2.45, 2.75) is 18.8 Å². The zero-order chi connectivity index (χ0) is 17.8. The summed E-state index contributed by atoms with van der Waals surface area (Å²) in [6.45, 7) is 0. The molecule has 2 aliphatic rings. The molecule has 26 heavy (non-hydrogen) atoms. The third-order valence-corrected chi connectivity index (χ3v) is 4.93. The molecule has 0 unspecified atom stereocenters. The summed E-state index contributed by atoms with van der Waals surface area (Å²) in [6.07, 6.45) is 3.26. The first kappa shape index (κ1) is 15.1. The third kappa shape index (κ3) is 2.29. The summed E-state index contributed by atoms with van der Waals surface area (Å²) >= 11 is 0. The zero-order valence-electron chi connectivity index (χ0n) is 13.5. The Hall–Kier alpha value is -3.16. The summed E-state index contributed by atoms with van der Waals surface area (Å²) in [5.74, 6) is -0.706. The number of carbonyl (C=O) groups is 1. The lowest BCUT2D eigenvalue weighted by molar-refractivity contribution is 0.102. The van der Waals surface area contributed by atoms with Gasteiger partial charge in [0.15, 0.2) is 17.3 Å². The Labute approximate surface area is 146 Å². The molecule has 5 rings (SSSR count). The molecule has 1 fully saturated rings. The van der Waals surface area contributed by atoms with Crippen molar-refractivity contribution >= 4 is 11.7 Å². The predicted molar refractivity (Wildman–Crippen MR) is 88.0 cm³/mol. The molecular weight excluding hydrogens is 340 g/mol. The number of hydrogen-bond donors (Lipinski definition) is 1. The highest BCUT2D eigenvalue weighted by molar-refractivity contribution is 6.03. The van der Waals surface area contributed by atoms with Crippen molar-refractivity contribution in [3.63, 3.8) is 0 Å². The summed E-state index contributed by atoms with van der Waals surface area (Å²) in [5, 5.41) is 14.6. The third-order valence-electron chi connectivity index (χ3n) is 4.93. The average Bonchev–Trinajstić information content (AvgIpc) is 3.12. The minimum Gasteiger partial charge on any atom is -0.304 e. The van der Waals surface area contributed by atoms with Gasteiger partial charge in [-0.05, 0) is 43.0 Å². The van der Waals surface area contributed by atoms with Crippen LogP contribution in [0.1, 0.15) is 34.1 Å². The van der Waals surface area contributed by atoms with Gasteiger partial charge in [0, 0.05) is 23.7 Å². The Kier molecular flexibility index (Phi) is 3.15. The number of rotatable bonds is 3. The van der Waals surface area contributed by atoms with Crippen molar-refractivity contribution < 1.29 is 13.6 Å². The van der Waals surface area contributed by atoms with Gasteiger partial charge in [-0.15, -0.1) is 5.10 Å². The number of anilines is 1. The Morgan fingerprint density at radius 3 is 2.92 bits per heavy atom. The maximum Gasteiger partial charge on any atom is 0.277 e. The van der Waals surface area contributed by atoms with E-state index in [1.807, 2.05) is 0 Å². The molecule has 2 heterocycles. The quantitative estimate of drug-likeness (QED) is 0.786. The van der Waals surface area contributed by atoms with E-state index < -0.39 is 17.5 Å². The topological polar surface area (TPSA) is 72.7 Å². The van der Waals surface area contributed by atoms with Crippen LogP contribution in [0.25, 0.3) is 5.69 Å². The van der Waals surface area contributed by atoms with Gasteiger partial charge < -0.3 is 5.32 Å². The molecule has 0 bridgehead atoms. The van der Waals surface area contributed by atoms with Crippen molar-refractivity contribution in [3.05, 3.63) is 65.1 Å². The summed E-state index contributed by atoms with van der Waals surface area (Å²) in [6, 6.07) is 6.64. The van der Waals surface area contributed by atoms with Crippen molar-refractivity contribution in [2.75, 3.05) is 5.32 Å². The number of nitrogens with zero attached hydrogens (tertiary/aromatic N) is 4. The molecule has 3 aromatic rings. The molecule has 1 saturated carbocycles. The Morgan fingerprint density at radius 2 is 2.15 bits per heavy atom. The van der Waals surface area contributed by atoms with E-state index in [9.17, 15) is 13.6 Å². The first-order valence-corrected chi connectivity index (χ1v) is 8.28. The highest BCUT2D eigenvalue weighted by Gasteiger charge is 2.50. The van der Waals surface area contributed by atoms with Gasteiger partial charge in [0.25, 0.3) is 5.91 Å². The van der Waals surface area contributed by atoms with Crippen LogP contribution in [0.15, 0.2) is 36.5 Å². The van der Waals surface area contributed by atoms with Gasteiger partial charge in [-0.3, -0.25) is 4.79 Å². The average molecular weight is 353 g/mol. The lowest BCUT2D eigenvalue weighted by atomic mass is 10.1. The molecule has 1 amide bonds. The van der Waals surface area contributed by atoms with Gasteiger partial charge >= 0.3 is 0 Å². The van der Waals surface area contributed by atoms with Crippen LogP contribution in [0, 0.1) is 17.6 Å². The standard InChI is InChI=1S/C18H13F2N5O/c19-10-3-4-14(13(20)8-10)25-17-11-6-9(11)7-12(17)16(24-25)18(26)22-15-2-1-5-21-23-15/h1-5,8-9,11H,6-7H2,(H,22,23,26)/t9-,11-/m1/s1. The van der Waals surface area contributed by atoms with E-state index in [0.717, 1.165) is 30.2 Å². The second-order valence-electron chi connectivity index (χ2n) is 6.59. The van der Waals surface area contributed by atoms with Crippen LogP contribution in [0.4, 0.5) is 14.6 Å². The lowest BCUT2D eigenvalue weighted by Crippen LogP contribution is -2.16. The Morgan fingerprint density at radius 1 is 1.27 bits per heavy atom. The van der Waals surface area contributed by atoms with Crippen LogP contribution in [0.3, 0.4) is 0 Å². The summed E-state index contributed by atoms with van der Waals surface area (Å²) in [4.78, 5) is 12.7. The lowest BCUT2D eigenvalue weighted by Gasteiger charge is -2.07. The van der Waals surface area contributed by atoms with Crippen LogP contribution >= 0.6 is 0 Å². The van der Waals surface area contributed by atoms with Crippen molar-refractivity contribution in [1.29, 1.82) is 0 Å². The van der Waals surface area contributed by atoms with E-state index in [2.05, 4.69) is 20.6 Å². The van der Waals surface area contributed by atoms with Crippen molar-refractivity contribution in [3.8, 4) is 5.69 Å². The van der Waals surface area contributed by atoms with Crippen LogP contribution in [0.5, 0.6) is 0 Å². The number of aromatic nitrogens is 4.